The van der Waals surface area contributed by atoms with Crippen LogP contribution >= 0.6 is 11.3 Å². The second-order valence-corrected chi connectivity index (χ2v) is 6.69. The molecule has 0 spiro atoms. The van der Waals surface area contributed by atoms with E-state index in [2.05, 4.69) is 9.88 Å². The van der Waals surface area contributed by atoms with E-state index >= 15 is 0 Å². The molecule has 1 atom stereocenters. The molecule has 8 heteroatoms. The summed E-state index contributed by atoms with van der Waals surface area (Å²) in [7, 11) is 0. The maximum atomic E-state index is 12.4. The average Bonchev–Trinajstić information content (AvgIpc) is 2.83. The van der Waals surface area contributed by atoms with Crippen molar-refractivity contribution < 1.29 is 13.2 Å². The van der Waals surface area contributed by atoms with E-state index in [1.807, 2.05) is 0 Å². The minimum absolute atomic E-state index is 0.0755. The van der Waals surface area contributed by atoms with Gasteiger partial charge in [0.15, 0.2) is 5.13 Å². The normalized spacial score (nSPS) is 24.2. The van der Waals surface area contributed by atoms with Gasteiger partial charge in [-0.1, -0.05) is 11.3 Å². The number of nitrogens with two attached hydrogens (primary N) is 1. The van der Waals surface area contributed by atoms with Crippen LogP contribution in [0.4, 0.5) is 18.3 Å². The van der Waals surface area contributed by atoms with Crippen LogP contribution < -0.4 is 10.6 Å². The van der Waals surface area contributed by atoms with Crippen LogP contribution in [0.5, 0.6) is 0 Å². The molecule has 1 saturated heterocycles. The molecule has 3 rings (SSSR count). The van der Waals surface area contributed by atoms with Crippen molar-refractivity contribution in [1.82, 2.24) is 9.88 Å². The van der Waals surface area contributed by atoms with Crippen LogP contribution in [0.25, 0.3) is 0 Å². The standard InChI is InChI=1S/C13H19F3N4S/c14-13(15,16)8-19-4-6-20(7-5-19)12-18-10-3-1-2-9(17)11(10)21-12/h9H,1-8,17H2. The van der Waals surface area contributed by atoms with Gasteiger partial charge in [0.1, 0.15) is 0 Å². The number of fused-ring (bicyclic) bond motifs is 1. The molecule has 21 heavy (non-hydrogen) atoms. The zero-order valence-electron chi connectivity index (χ0n) is 11.7. The maximum absolute atomic E-state index is 12.4. The molecule has 2 N–H and O–H groups in total. The largest absolute Gasteiger partial charge is 0.401 e. The molecule has 1 aromatic heterocycles. The first-order valence-corrected chi connectivity index (χ1v) is 8.03. The Morgan fingerprint density at radius 2 is 1.95 bits per heavy atom. The number of rotatable bonds is 2. The molecule has 2 aliphatic rings. The molecule has 0 bridgehead atoms. The SMILES string of the molecule is NC1CCCc2nc(N3CCN(CC(F)(F)F)CC3)sc21. The Hall–Kier alpha value is -0.860. The predicted octanol–water partition coefficient (Wildman–Crippen LogP) is 2.16. The highest BCUT2D eigenvalue weighted by Crippen LogP contribution is 2.36. The van der Waals surface area contributed by atoms with Gasteiger partial charge in [0.25, 0.3) is 0 Å². The number of anilines is 1. The van der Waals surface area contributed by atoms with Gasteiger partial charge in [-0.15, -0.1) is 0 Å². The summed E-state index contributed by atoms with van der Waals surface area (Å²) in [4.78, 5) is 9.35. The van der Waals surface area contributed by atoms with Crippen molar-refractivity contribution >= 4 is 16.5 Å². The Labute approximate surface area is 125 Å². The van der Waals surface area contributed by atoms with Gasteiger partial charge in [0, 0.05) is 37.1 Å². The van der Waals surface area contributed by atoms with Crippen molar-refractivity contribution in [2.75, 3.05) is 37.6 Å². The molecule has 1 aliphatic heterocycles. The van der Waals surface area contributed by atoms with E-state index in [-0.39, 0.29) is 6.04 Å². The number of alkyl halides is 3. The fourth-order valence-corrected chi connectivity index (χ4v) is 4.12. The number of nitrogens with zero attached hydrogens (tertiary/aromatic N) is 3. The second-order valence-electron chi connectivity index (χ2n) is 5.68. The molecule has 0 saturated carbocycles. The molecule has 1 fully saturated rings. The van der Waals surface area contributed by atoms with Gasteiger partial charge < -0.3 is 10.6 Å². The van der Waals surface area contributed by atoms with Crippen LogP contribution in [-0.4, -0.2) is 48.8 Å². The van der Waals surface area contributed by atoms with E-state index in [9.17, 15) is 13.2 Å². The van der Waals surface area contributed by atoms with Crippen molar-refractivity contribution in [3.8, 4) is 0 Å². The number of aryl methyl sites for hydroxylation is 1. The first kappa shape index (κ1) is 15.1. The molecule has 1 aromatic rings. The lowest BCUT2D eigenvalue weighted by molar-refractivity contribution is -0.146. The number of aromatic nitrogens is 1. The first-order chi connectivity index (χ1) is 9.92. The molecular formula is C13H19F3N4S. The molecule has 0 radical (unpaired) electrons. The number of hydrogen-bond donors (Lipinski definition) is 1. The number of halogens is 3. The Kier molecular flexibility index (Phi) is 4.11. The van der Waals surface area contributed by atoms with Gasteiger partial charge in [0.05, 0.1) is 12.2 Å². The average molecular weight is 320 g/mol. The summed E-state index contributed by atoms with van der Waals surface area (Å²) in [6.07, 6.45) is -1.09. The third kappa shape index (κ3) is 3.49. The lowest BCUT2D eigenvalue weighted by Crippen LogP contribution is -2.49. The minimum atomic E-state index is -4.12. The van der Waals surface area contributed by atoms with Gasteiger partial charge in [-0.3, -0.25) is 4.90 Å². The van der Waals surface area contributed by atoms with Crippen LogP contribution in [0.3, 0.4) is 0 Å². The van der Waals surface area contributed by atoms with Crippen LogP contribution in [0.1, 0.15) is 29.5 Å². The quantitative estimate of drug-likeness (QED) is 0.907. The third-order valence-electron chi connectivity index (χ3n) is 4.03. The van der Waals surface area contributed by atoms with E-state index in [1.54, 1.807) is 11.3 Å². The topological polar surface area (TPSA) is 45.4 Å². The fourth-order valence-electron chi connectivity index (χ4n) is 2.93. The lowest BCUT2D eigenvalue weighted by atomic mass is 9.99. The molecule has 4 nitrogen and oxygen atoms in total. The highest BCUT2D eigenvalue weighted by atomic mass is 32.1. The van der Waals surface area contributed by atoms with Crippen LogP contribution in [-0.2, 0) is 6.42 Å². The third-order valence-corrected chi connectivity index (χ3v) is 5.32. The van der Waals surface area contributed by atoms with E-state index in [4.69, 9.17) is 5.73 Å². The first-order valence-electron chi connectivity index (χ1n) is 7.21. The Balaban J connectivity index is 1.62. The highest BCUT2D eigenvalue weighted by Gasteiger charge is 2.33. The lowest BCUT2D eigenvalue weighted by Gasteiger charge is -2.34. The zero-order valence-corrected chi connectivity index (χ0v) is 12.5. The molecule has 1 aliphatic carbocycles. The molecule has 1 unspecified atom stereocenters. The summed E-state index contributed by atoms with van der Waals surface area (Å²) in [5.74, 6) is 0. The van der Waals surface area contributed by atoms with Crippen molar-refractivity contribution in [1.29, 1.82) is 0 Å². The molecule has 2 heterocycles. The molecule has 0 aromatic carbocycles. The van der Waals surface area contributed by atoms with Gasteiger partial charge in [0.2, 0.25) is 0 Å². The van der Waals surface area contributed by atoms with E-state index < -0.39 is 12.7 Å². The van der Waals surface area contributed by atoms with Crippen LogP contribution in [0.2, 0.25) is 0 Å². The van der Waals surface area contributed by atoms with E-state index in [0.717, 1.165) is 35.0 Å². The van der Waals surface area contributed by atoms with Crippen molar-refractivity contribution in [3.63, 3.8) is 0 Å². The number of thiazole rings is 1. The van der Waals surface area contributed by atoms with Gasteiger partial charge in [-0.25, -0.2) is 4.98 Å². The number of hydrogen-bond acceptors (Lipinski definition) is 5. The summed E-state index contributed by atoms with van der Waals surface area (Å²) >= 11 is 1.61. The Morgan fingerprint density at radius 1 is 1.24 bits per heavy atom. The highest BCUT2D eigenvalue weighted by molar-refractivity contribution is 7.15. The van der Waals surface area contributed by atoms with Crippen molar-refractivity contribution in [3.05, 3.63) is 10.6 Å². The van der Waals surface area contributed by atoms with E-state index in [1.165, 1.54) is 4.90 Å². The van der Waals surface area contributed by atoms with Crippen LogP contribution in [0.15, 0.2) is 0 Å². The predicted molar refractivity (Wildman–Crippen MR) is 76.7 cm³/mol. The number of piperazine rings is 1. The minimum Gasteiger partial charge on any atom is -0.346 e. The fraction of sp³-hybridized carbons (Fsp3) is 0.769. The monoisotopic (exact) mass is 320 g/mol. The van der Waals surface area contributed by atoms with Gasteiger partial charge in [-0.2, -0.15) is 13.2 Å². The summed E-state index contributed by atoms with van der Waals surface area (Å²) in [6, 6.07) is 0.0755. The van der Waals surface area contributed by atoms with Gasteiger partial charge in [-0.05, 0) is 19.3 Å². The van der Waals surface area contributed by atoms with Crippen LogP contribution in [0, 0.1) is 0 Å². The van der Waals surface area contributed by atoms with Gasteiger partial charge >= 0.3 is 6.18 Å². The van der Waals surface area contributed by atoms with Crippen molar-refractivity contribution in [2.24, 2.45) is 5.73 Å². The molecular weight excluding hydrogens is 301 g/mol. The second kappa shape index (κ2) is 5.73. The summed E-state index contributed by atoms with van der Waals surface area (Å²) < 4.78 is 37.1. The maximum Gasteiger partial charge on any atom is 0.401 e. The zero-order chi connectivity index (χ0) is 15.0. The summed E-state index contributed by atoms with van der Waals surface area (Å²) in [6.45, 7) is 1.22. The molecule has 0 amide bonds. The Morgan fingerprint density at radius 3 is 2.57 bits per heavy atom. The smallest absolute Gasteiger partial charge is 0.346 e. The van der Waals surface area contributed by atoms with E-state index in [0.29, 0.717) is 26.2 Å². The summed E-state index contributed by atoms with van der Waals surface area (Å²) in [5.41, 5.74) is 7.19. The Bertz CT molecular complexity index is 494. The summed E-state index contributed by atoms with van der Waals surface area (Å²) in [5, 5.41) is 0.920. The van der Waals surface area contributed by atoms with Crippen molar-refractivity contribution in [2.45, 2.75) is 31.5 Å². The molecule has 118 valence electrons.